The molecule has 0 radical (unpaired) electrons. The highest BCUT2D eigenvalue weighted by Crippen LogP contribution is 2.39. The largest absolute Gasteiger partial charge is 0.416 e. The highest BCUT2D eigenvalue weighted by molar-refractivity contribution is 7.94. The van der Waals surface area contributed by atoms with Crippen LogP contribution in [0.15, 0.2) is 52.7 Å². The molecule has 0 fully saturated rings. The predicted octanol–water partition coefficient (Wildman–Crippen LogP) is 6.17. The summed E-state index contributed by atoms with van der Waals surface area (Å²) in [7, 11) is -4.37. The van der Waals surface area contributed by atoms with Crippen LogP contribution in [0.1, 0.15) is 5.56 Å². The average Bonchev–Trinajstić information content (AvgIpc) is 3.08. The first-order chi connectivity index (χ1) is 13.0. The minimum atomic E-state index is -4.60. The molecule has 0 atom stereocenters. The molecule has 2 aromatic carbocycles. The highest BCUT2D eigenvalue weighted by Gasteiger charge is 2.31. The molecule has 0 aliphatic heterocycles. The zero-order valence-electron chi connectivity index (χ0n) is 13.5. The van der Waals surface area contributed by atoms with E-state index in [1.54, 1.807) is 4.72 Å². The maximum absolute atomic E-state index is 13.7. The van der Waals surface area contributed by atoms with E-state index < -0.39 is 39.1 Å². The summed E-state index contributed by atoms with van der Waals surface area (Å²) in [6, 6.07) is 7.86. The van der Waals surface area contributed by atoms with Crippen LogP contribution in [0.2, 0.25) is 5.02 Å². The molecule has 11 heteroatoms. The molecule has 28 heavy (non-hydrogen) atoms. The standard InChI is InChI=1S/C17H9ClF5NO2S2/c18-11-5-4-9(17(21,22)23)8-10(11)14-6-7-15(27-14)28(25,26)24-16-12(19)2-1-3-13(16)20/h1-8,24H. The van der Waals surface area contributed by atoms with Crippen molar-refractivity contribution in [3.05, 3.63) is 70.8 Å². The monoisotopic (exact) mass is 453 g/mol. The van der Waals surface area contributed by atoms with Crippen molar-refractivity contribution in [2.75, 3.05) is 4.72 Å². The van der Waals surface area contributed by atoms with E-state index in [1.807, 2.05) is 0 Å². The molecule has 0 unspecified atom stereocenters. The Morgan fingerprint density at radius 2 is 1.61 bits per heavy atom. The summed E-state index contributed by atoms with van der Waals surface area (Å²) < 4.78 is 92.4. The third-order valence-electron chi connectivity index (χ3n) is 3.60. The van der Waals surface area contributed by atoms with Gasteiger partial charge in [0.1, 0.15) is 21.5 Å². The van der Waals surface area contributed by atoms with E-state index in [1.165, 1.54) is 6.07 Å². The topological polar surface area (TPSA) is 46.2 Å². The SMILES string of the molecule is O=S(=O)(Nc1c(F)cccc1F)c1ccc(-c2cc(C(F)(F)F)ccc2Cl)s1. The Hall–Kier alpha value is -2.17. The summed E-state index contributed by atoms with van der Waals surface area (Å²) in [4.78, 5) is 0.144. The number of rotatable bonds is 4. The van der Waals surface area contributed by atoms with E-state index in [2.05, 4.69) is 0 Å². The molecule has 3 nitrogen and oxygen atoms in total. The van der Waals surface area contributed by atoms with Gasteiger partial charge in [0.15, 0.2) is 0 Å². The summed E-state index contributed by atoms with van der Waals surface area (Å²) in [5.74, 6) is -2.22. The molecular formula is C17H9ClF5NO2S2. The third-order valence-corrected chi connectivity index (χ3v) is 6.89. The van der Waals surface area contributed by atoms with Gasteiger partial charge in [-0.1, -0.05) is 17.7 Å². The Morgan fingerprint density at radius 3 is 2.21 bits per heavy atom. The molecule has 3 rings (SSSR count). The second-order valence-corrected chi connectivity index (χ2v) is 8.91. The van der Waals surface area contributed by atoms with Crippen molar-refractivity contribution in [2.45, 2.75) is 10.4 Å². The van der Waals surface area contributed by atoms with E-state index >= 15 is 0 Å². The number of benzene rings is 2. The van der Waals surface area contributed by atoms with Gasteiger partial charge in [0.05, 0.1) is 5.56 Å². The van der Waals surface area contributed by atoms with Crippen LogP contribution in [-0.2, 0) is 16.2 Å². The fourth-order valence-electron chi connectivity index (χ4n) is 2.28. The van der Waals surface area contributed by atoms with Gasteiger partial charge in [-0.2, -0.15) is 13.2 Å². The number of anilines is 1. The molecular weight excluding hydrogens is 445 g/mol. The second kappa shape index (κ2) is 7.34. The second-order valence-electron chi connectivity index (χ2n) is 5.51. The Morgan fingerprint density at radius 1 is 0.964 bits per heavy atom. The number of halogens is 6. The van der Waals surface area contributed by atoms with Crippen LogP contribution in [0.4, 0.5) is 27.6 Å². The van der Waals surface area contributed by atoms with Crippen LogP contribution in [-0.4, -0.2) is 8.42 Å². The molecule has 0 spiro atoms. The molecule has 0 saturated carbocycles. The normalized spacial score (nSPS) is 12.2. The van der Waals surface area contributed by atoms with Gasteiger partial charge in [0.2, 0.25) is 0 Å². The number of alkyl halides is 3. The van der Waals surface area contributed by atoms with Crippen LogP contribution < -0.4 is 4.72 Å². The molecule has 0 aliphatic rings. The van der Waals surface area contributed by atoms with Gasteiger partial charge in [0, 0.05) is 15.5 Å². The minimum absolute atomic E-state index is 0.00749. The molecule has 148 valence electrons. The predicted molar refractivity (Wildman–Crippen MR) is 96.9 cm³/mol. The van der Waals surface area contributed by atoms with Crippen molar-refractivity contribution >= 4 is 38.6 Å². The fourth-order valence-corrected chi connectivity index (χ4v) is 4.97. The smallest absolute Gasteiger partial charge is 0.273 e. The van der Waals surface area contributed by atoms with Gasteiger partial charge in [-0.25, -0.2) is 17.2 Å². The van der Waals surface area contributed by atoms with Crippen molar-refractivity contribution in [2.24, 2.45) is 0 Å². The highest BCUT2D eigenvalue weighted by atomic mass is 35.5. The lowest BCUT2D eigenvalue weighted by Crippen LogP contribution is -2.13. The van der Waals surface area contributed by atoms with Gasteiger partial charge in [-0.3, -0.25) is 4.72 Å². The van der Waals surface area contributed by atoms with Gasteiger partial charge in [-0.05, 0) is 42.5 Å². The Kier molecular flexibility index (Phi) is 5.39. The number of para-hydroxylation sites is 1. The van der Waals surface area contributed by atoms with Crippen molar-refractivity contribution < 1.29 is 30.4 Å². The van der Waals surface area contributed by atoms with E-state index in [0.717, 1.165) is 42.5 Å². The summed E-state index contributed by atoms with van der Waals surface area (Å²) in [5.41, 5.74) is -1.81. The van der Waals surface area contributed by atoms with Crippen LogP contribution >= 0.6 is 22.9 Å². The van der Waals surface area contributed by atoms with Crippen LogP contribution in [0.5, 0.6) is 0 Å². The summed E-state index contributed by atoms with van der Waals surface area (Å²) in [6.45, 7) is 0. The van der Waals surface area contributed by atoms with E-state index in [0.29, 0.717) is 11.3 Å². The number of sulfonamides is 1. The quantitative estimate of drug-likeness (QED) is 0.480. The summed E-state index contributed by atoms with van der Waals surface area (Å²) >= 11 is 6.56. The van der Waals surface area contributed by atoms with Crippen molar-refractivity contribution in [1.82, 2.24) is 0 Å². The van der Waals surface area contributed by atoms with Gasteiger partial charge >= 0.3 is 6.18 Å². The van der Waals surface area contributed by atoms with Crippen LogP contribution in [0, 0.1) is 11.6 Å². The zero-order valence-corrected chi connectivity index (χ0v) is 15.9. The maximum Gasteiger partial charge on any atom is 0.416 e. The van der Waals surface area contributed by atoms with Crippen molar-refractivity contribution in [3.8, 4) is 10.4 Å². The van der Waals surface area contributed by atoms with Gasteiger partial charge in [-0.15, -0.1) is 11.3 Å². The first-order valence-corrected chi connectivity index (χ1v) is 10.1. The van der Waals surface area contributed by atoms with Gasteiger partial charge in [0.25, 0.3) is 10.0 Å². The number of hydrogen-bond acceptors (Lipinski definition) is 3. The van der Waals surface area contributed by atoms with Crippen LogP contribution in [0.3, 0.4) is 0 Å². The summed E-state index contributed by atoms with van der Waals surface area (Å²) in [6.07, 6.45) is -4.60. The van der Waals surface area contributed by atoms with Crippen molar-refractivity contribution in [1.29, 1.82) is 0 Å². The minimum Gasteiger partial charge on any atom is -0.273 e. The number of thiophene rings is 1. The Balaban J connectivity index is 1.98. The lowest BCUT2D eigenvalue weighted by Gasteiger charge is -2.10. The lowest BCUT2D eigenvalue weighted by atomic mass is 10.1. The molecule has 0 saturated heterocycles. The molecule has 0 aliphatic carbocycles. The molecule has 0 amide bonds. The molecule has 1 N–H and O–H groups in total. The Labute approximate surface area is 165 Å². The fraction of sp³-hybridized carbons (Fsp3) is 0.0588. The van der Waals surface area contributed by atoms with Crippen molar-refractivity contribution in [3.63, 3.8) is 0 Å². The van der Waals surface area contributed by atoms with Crippen LogP contribution in [0.25, 0.3) is 10.4 Å². The zero-order chi connectivity index (χ0) is 20.7. The molecule has 1 heterocycles. The maximum atomic E-state index is 13.7. The first kappa shape index (κ1) is 20.6. The number of nitrogens with one attached hydrogen (secondary N) is 1. The van der Waals surface area contributed by atoms with E-state index in [9.17, 15) is 30.4 Å². The van der Waals surface area contributed by atoms with E-state index in [4.69, 9.17) is 11.6 Å². The first-order valence-electron chi connectivity index (χ1n) is 7.43. The Bertz CT molecular complexity index is 1120. The lowest BCUT2D eigenvalue weighted by molar-refractivity contribution is -0.137. The molecule has 0 bridgehead atoms. The van der Waals surface area contributed by atoms with E-state index in [-0.39, 0.29) is 19.7 Å². The summed E-state index contributed by atoms with van der Waals surface area (Å²) in [5, 5.41) is -0.00749. The third kappa shape index (κ3) is 4.13. The molecule has 3 aromatic rings. The molecule has 1 aromatic heterocycles. The average molecular weight is 454 g/mol. The number of hydrogen-bond donors (Lipinski definition) is 1. The van der Waals surface area contributed by atoms with Gasteiger partial charge < -0.3 is 0 Å².